The molecule has 0 aliphatic carbocycles. The average molecular weight is 220 g/mol. The van der Waals surface area contributed by atoms with E-state index in [-0.39, 0.29) is 5.97 Å². The first kappa shape index (κ1) is 10.5. The molecule has 0 aliphatic rings. The van der Waals surface area contributed by atoms with Crippen molar-refractivity contribution < 1.29 is 9.53 Å². The van der Waals surface area contributed by atoms with Gasteiger partial charge in [-0.05, 0) is 13.3 Å². The molecule has 2 rings (SSSR count). The summed E-state index contributed by atoms with van der Waals surface area (Å²) in [5.41, 5.74) is 1.21. The van der Waals surface area contributed by atoms with Crippen LogP contribution in [0.3, 0.4) is 0 Å². The lowest BCUT2D eigenvalue weighted by molar-refractivity contribution is 0.0523. The van der Waals surface area contributed by atoms with Gasteiger partial charge in [0, 0.05) is 6.20 Å². The van der Waals surface area contributed by atoms with Crippen molar-refractivity contribution in [1.29, 1.82) is 0 Å². The summed E-state index contributed by atoms with van der Waals surface area (Å²) in [4.78, 5) is 19.7. The lowest BCUT2D eigenvalue weighted by atomic mass is 10.2. The van der Waals surface area contributed by atoms with Crippen LogP contribution in [0.4, 0.5) is 0 Å². The molecule has 0 aromatic carbocycles. The highest BCUT2D eigenvalue weighted by Gasteiger charge is 2.16. The van der Waals surface area contributed by atoms with Crippen molar-refractivity contribution in [3.63, 3.8) is 0 Å². The van der Waals surface area contributed by atoms with Gasteiger partial charge >= 0.3 is 5.97 Å². The highest BCUT2D eigenvalue weighted by Crippen LogP contribution is 2.11. The van der Waals surface area contributed by atoms with Crippen LogP contribution >= 0.6 is 0 Å². The summed E-state index contributed by atoms with van der Waals surface area (Å²) in [6.45, 7) is 4.06. The highest BCUT2D eigenvalue weighted by atomic mass is 16.5. The first-order valence-corrected chi connectivity index (χ1v) is 5.12. The lowest BCUT2D eigenvalue weighted by Crippen LogP contribution is -2.13. The van der Waals surface area contributed by atoms with Crippen LogP contribution in [-0.2, 0) is 11.2 Å². The van der Waals surface area contributed by atoms with Crippen LogP contribution in [0, 0.1) is 0 Å². The van der Waals surface area contributed by atoms with Crippen molar-refractivity contribution in [2.24, 2.45) is 0 Å². The summed E-state index contributed by atoms with van der Waals surface area (Å²) < 4.78 is 6.52. The first-order chi connectivity index (χ1) is 7.77. The predicted molar refractivity (Wildman–Crippen MR) is 56.1 cm³/mol. The first-order valence-electron chi connectivity index (χ1n) is 5.12. The van der Waals surface area contributed by atoms with E-state index in [1.165, 1.54) is 12.5 Å². The van der Waals surface area contributed by atoms with Gasteiger partial charge in [-0.1, -0.05) is 6.92 Å². The molecule has 0 saturated carbocycles. The Morgan fingerprint density at radius 2 is 2.25 bits per heavy atom. The van der Waals surface area contributed by atoms with E-state index in [1.807, 2.05) is 6.92 Å². The summed E-state index contributed by atoms with van der Waals surface area (Å²) in [5, 5.41) is 4.03. The molecule has 84 valence electrons. The molecular formula is C10H12N4O2. The highest BCUT2D eigenvalue weighted by molar-refractivity contribution is 5.90. The van der Waals surface area contributed by atoms with E-state index >= 15 is 0 Å². The Balaban J connectivity index is 2.56. The largest absolute Gasteiger partial charge is 0.462 e. The monoisotopic (exact) mass is 220 g/mol. The molecule has 0 radical (unpaired) electrons. The quantitative estimate of drug-likeness (QED) is 0.717. The van der Waals surface area contributed by atoms with Crippen LogP contribution in [0.15, 0.2) is 12.5 Å². The number of nitrogens with zero attached hydrogens (tertiary/aromatic N) is 4. The number of hydrogen-bond donors (Lipinski definition) is 0. The molecule has 0 amide bonds. The van der Waals surface area contributed by atoms with Gasteiger partial charge in [-0.2, -0.15) is 10.1 Å². The van der Waals surface area contributed by atoms with Crippen molar-refractivity contribution in [3.8, 4) is 0 Å². The Morgan fingerprint density at radius 1 is 1.44 bits per heavy atom. The number of hydrogen-bond acceptors (Lipinski definition) is 5. The van der Waals surface area contributed by atoms with Crippen LogP contribution < -0.4 is 0 Å². The fraction of sp³-hybridized carbons (Fsp3) is 0.400. The van der Waals surface area contributed by atoms with E-state index in [1.54, 1.807) is 11.4 Å². The minimum absolute atomic E-state index is 0.345. The normalized spacial score (nSPS) is 10.6. The van der Waals surface area contributed by atoms with Crippen LogP contribution in [0.2, 0.25) is 0 Å². The molecule has 0 atom stereocenters. The zero-order chi connectivity index (χ0) is 11.5. The smallest absolute Gasteiger partial charge is 0.341 e. The molecule has 0 bridgehead atoms. The SMILES string of the molecule is CCOC(=O)c1cnc2ncnn2c1CC. The van der Waals surface area contributed by atoms with Gasteiger partial charge in [0.05, 0.1) is 17.9 Å². The van der Waals surface area contributed by atoms with Crippen LogP contribution in [0.25, 0.3) is 5.78 Å². The van der Waals surface area contributed by atoms with Crippen LogP contribution in [0.5, 0.6) is 0 Å². The van der Waals surface area contributed by atoms with E-state index in [4.69, 9.17) is 4.74 Å². The van der Waals surface area contributed by atoms with Crippen molar-refractivity contribution in [3.05, 3.63) is 23.8 Å². The minimum atomic E-state index is -0.371. The summed E-state index contributed by atoms with van der Waals surface area (Å²) in [6.07, 6.45) is 3.56. The zero-order valence-electron chi connectivity index (χ0n) is 9.17. The van der Waals surface area contributed by atoms with E-state index < -0.39 is 0 Å². The van der Waals surface area contributed by atoms with Gasteiger partial charge in [0.1, 0.15) is 6.33 Å². The molecule has 0 saturated heterocycles. The van der Waals surface area contributed by atoms with Crippen molar-refractivity contribution >= 4 is 11.7 Å². The van der Waals surface area contributed by atoms with Gasteiger partial charge in [-0.25, -0.2) is 14.3 Å². The molecule has 2 aromatic rings. The van der Waals surface area contributed by atoms with Crippen molar-refractivity contribution in [2.75, 3.05) is 6.61 Å². The second-order valence-electron chi connectivity index (χ2n) is 3.16. The van der Waals surface area contributed by atoms with Gasteiger partial charge in [-0.15, -0.1) is 0 Å². The Morgan fingerprint density at radius 3 is 2.94 bits per heavy atom. The second kappa shape index (κ2) is 4.26. The van der Waals surface area contributed by atoms with Gasteiger partial charge in [0.15, 0.2) is 0 Å². The van der Waals surface area contributed by atoms with E-state index in [0.29, 0.717) is 24.4 Å². The summed E-state index contributed by atoms with van der Waals surface area (Å²) in [6, 6.07) is 0. The molecule has 0 spiro atoms. The minimum Gasteiger partial charge on any atom is -0.462 e. The number of carbonyl (C=O) groups excluding carboxylic acids is 1. The van der Waals surface area contributed by atoms with Gasteiger partial charge in [0.25, 0.3) is 5.78 Å². The maximum atomic E-state index is 11.7. The number of aryl methyl sites for hydroxylation is 1. The molecule has 2 heterocycles. The standard InChI is InChI=1S/C10H12N4O2/c1-3-8-7(9(15)16-4-2)5-11-10-12-6-13-14(8)10/h5-6H,3-4H2,1-2H3. The maximum absolute atomic E-state index is 11.7. The molecule has 0 unspecified atom stereocenters. The Hall–Kier alpha value is -1.98. The molecule has 0 N–H and O–H groups in total. The molecular weight excluding hydrogens is 208 g/mol. The molecule has 6 nitrogen and oxygen atoms in total. The zero-order valence-corrected chi connectivity index (χ0v) is 9.17. The van der Waals surface area contributed by atoms with Crippen LogP contribution in [0.1, 0.15) is 29.9 Å². The maximum Gasteiger partial charge on any atom is 0.341 e. The second-order valence-corrected chi connectivity index (χ2v) is 3.16. The van der Waals surface area contributed by atoms with E-state index in [0.717, 1.165) is 5.69 Å². The molecule has 16 heavy (non-hydrogen) atoms. The number of ether oxygens (including phenoxy) is 1. The summed E-state index contributed by atoms with van der Waals surface area (Å²) >= 11 is 0. The number of esters is 1. The van der Waals surface area contributed by atoms with E-state index in [9.17, 15) is 4.79 Å². The third-order valence-corrected chi connectivity index (χ3v) is 2.24. The topological polar surface area (TPSA) is 69.4 Å². The molecule has 0 aliphatic heterocycles. The Bertz CT molecular complexity index is 521. The van der Waals surface area contributed by atoms with Crippen LogP contribution in [-0.4, -0.2) is 32.2 Å². The Labute approximate surface area is 92.3 Å². The lowest BCUT2D eigenvalue weighted by Gasteiger charge is -2.07. The Kier molecular flexibility index (Phi) is 2.80. The van der Waals surface area contributed by atoms with Gasteiger partial charge in [-0.3, -0.25) is 0 Å². The predicted octanol–water partition coefficient (Wildman–Crippen LogP) is 0.863. The summed E-state index contributed by atoms with van der Waals surface area (Å²) in [7, 11) is 0. The fourth-order valence-electron chi connectivity index (χ4n) is 1.54. The third kappa shape index (κ3) is 1.62. The number of fused-ring (bicyclic) bond motifs is 1. The van der Waals surface area contributed by atoms with Gasteiger partial charge < -0.3 is 4.74 Å². The third-order valence-electron chi connectivity index (χ3n) is 2.24. The van der Waals surface area contributed by atoms with Crippen molar-refractivity contribution in [2.45, 2.75) is 20.3 Å². The molecule has 0 fully saturated rings. The number of rotatable bonds is 3. The number of carbonyl (C=O) groups is 1. The van der Waals surface area contributed by atoms with E-state index in [2.05, 4.69) is 15.1 Å². The average Bonchev–Trinajstić information content (AvgIpc) is 2.75. The van der Waals surface area contributed by atoms with Gasteiger partial charge in [0.2, 0.25) is 0 Å². The molecule has 2 aromatic heterocycles. The fourth-order valence-corrected chi connectivity index (χ4v) is 1.54. The van der Waals surface area contributed by atoms with Crippen molar-refractivity contribution in [1.82, 2.24) is 19.6 Å². The molecule has 6 heteroatoms. The number of aromatic nitrogens is 4. The summed E-state index contributed by atoms with van der Waals surface area (Å²) in [5.74, 6) is 0.120.